The first kappa shape index (κ1) is 26.6. The van der Waals surface area contributed by atoms with Crippen LogP contribution in [0.3, 0.4) is 0 Å². The highest BCUT2D eigenvalue weighted by Gasteiger charge is 2.31. The van der Waals surface area contributed by atoms with Gasteiger partial charge in [-0.15, -0.1) is 0 Å². The Hall–Kier alpha value is -4.66. The fourth-order valence-electron chi connectivity index (χ4n) is 2.89. The molecule has 0 aliphatic carbocycles. The minimum absolute atomic E-state index is 0.0307. The van der Waals surface area contributed by atoms with Gasteiger partial charge in [-0.3, -0.25) is 20.2 Å². The standard InChI is InChI=1S/C20H20N2O13/c1-29-13-7-5-11(15(21(25)26)17(13)31-3)19(23)34-9-33-10-35-20(24)12-6-8-14(30-2)18(32-4)16(12)22(27)28/h5-8H,9-10H2,1-4H3. The lowest BCUT2D eigenvalue weighted by molar-refractivity contribution is -0.386. The SMILES string of the molecule is COc1ccc(C(=O)OCOCOC(=O)c2ccc(OC)c(OC)c2[N+](=O)[O-])c([N+](=O)[O-])c1OC. The summed E-state index contributed by atoms with van der Waals surface area (Å²) in [6.45, 7) is -1.52. The van der Waals surface area contributed by atoms with Gasteiger partial charge in [-0.1, -0.05) is 0 Å². The Labute approximate surface area is 197 Å². The average Bonchev–Trinajstić information content (AvgIpc) is 2.85. The number of hydrogen-bond donors (Lipinski definition) is 0. The Balaban J connectivity index is 2.03. The largest absolute Gasteiger partial charge is 0.493 e. The number of methoxy groups -OCH3 is 4. The first-order valence-corrected chi connectivity index (χ1v) is 9.42. The van der Waals surface area contributed by atoms with Gasteiger partial charge in [-0.05, 0) is 24.3 Å². The molecule has 0 fully saturated rings. The van der Waals surface area contributed by atoms with Crippen molar-refractivity contribution in [2.75, 3.05) is 42.0 Å². The summed E-state index contributed by atoms with van der Waals surface area (Å²) in [4.78, 5) is 45.8. The van der Waals surface area contributed by atoms with Gasteiger partial charge in [0.1, 0.15) is 11.1 Å². The van der Waals surface area contributed by atoms with Crippen molar-refractivity contribution in [2.24, 2.45) is 0 Å². The topological polar surface area (TPSA) is 185 Å². The average molecular weight is 496 g/mol. The molecule has 2 aromatic rings. The summed E-state index contributed by atoms with van der Waals surface area (Å²) in [5.74, 6) is -2.75. The van der Waals surface area contributed by atoms with Crippen LogP contribution in [0, 0.1) is 20.2 Å². The third kappa shape index (κ3) is 5.83. The van der Waals surface area contributed by atoms with E-state index in [-0.39, 0.29) is 23.0 Å². The van der Waals surface area contributed by atoms with Crippen molar-refractivity contribution in [1.82, 2.24) is 0 Å². The second kappa shape index (κ2) is 12.0. The molecule has 0 N–H and O–H groups in total. The molecule has 0 aliphatic heterocycles. The molecule has 0 aromatic heterocycles. The highest BCUT2D eigenvalue weighted by molar-refractivity contribution is 5.96. The quantitative estimate of drug-likeness (QED) is 0.137. The molecule has 0 bridgehead atoms. The Morgan fingerprint density at radius 3 is 1.34 bits per heavy atom. The van der Waals surface area contributed by atoms with E-state index < -0.39 is 57.9 Å². The molecule has 0 unspecified atom stereocenters. The van der Waals surface area contributed by atoms with E-state index in [9.17, 15) is 29.8 Å². The van der Waals surface area contributed by atoms with E-state index in [1.807, 2.05) is 0 Å². The predicted molar refractivity (Wildman–Crippen MR) is 114 cm³/mol. The Kier molecular flexibility index (Phi) is 9.11. The molecule has 35 heavy (non-hydrogen) atoms. The molecule has 2 aromatic carbocycles. The number of carbonyl (C=O) groups excluding carboxylic acids is 2. The molecule has 0 heterocycles. The van der Waals surface area contributed by atoms with Crippen LogP contribution in [0.25, 0.3) is 0 Å². The highest BCUT2D eigenvalue weighted by Crippen LogP contribution is 2.40. The number of rotatable bonds is 12. The van der Waals surface area contributed by atoms with Crippen molar-refractivity contribution < 1.29 is 52.6 Å². The molecule has 15 nitrogen and oxygen atoms in total. The van der Waals surface area contributed by atoms with Crippen LogP contribution in [0.4, 0.5) is 11.4 Å². The van der Waals surface area contributed by atoms with Gasteiger partial charge in [0, 0.05) is 0 Å². The molecule has 0 saturated heterocycles. The van der Waals surface area contributed by atoms with Crippen LogP contribution in [-0.2, 0) is 14.2 Å². The van der Waals surface area contributed by atoms with Crippen LogP contribution >= 0.6 is 0 Å². The first-order valence-electron chi connectivity index (χ1n) is 9.42. The van der Waals surface area contributed by atoms with Crippen molar-refractivity contribution in [3.8, 4) is 23.0 Å². The molecular formula is C20H20N2O13. The molecule has 0 spiro atoms. The maximum absolute atomic E-state index is 12.3. The van der Waals surface area contributed by atoms with E-state index in [0.717, 1.165) is 12.1 Å². The second-order valence-electron chi connectivity index (χ2n) is 6.21. The molecule has 0 saturated carbocycles. The van der Waals surface area contributed by atoms with E-state index in [1.165, 1.54) is 40.6 Å². The normalized spacial score (nSPS) is 10.2. The number of ether oxygens (including phenoxy) is 7. The molecule has 0 amide bonds. The minimum atomic E-state index is -1.13. The van der Waals surface area contributed by atoms with Crippen LogP contribution in [0.2, 0.25) is 0 Å². The fraction of sp³-hybridized carbons (Fsp3) is 0.300. The van der Waals surface area contributed by atoms with Crippen molar-refractivity contribution >= 4 is 23.3 Å². The molecule has 15 heteroatoms. The first-order chi connectivity index (χ1) is 16.7. The molecule has 188 valence electrons. The van der Waals surface area contributed by atoms with E-state index in [0.29, 0.717) is 0 Å². The van der Waals surface area contributed by atoms with Crippen LogP contribution in [0.5, 0.6) is 23.0 Å². The fourth-order valence-corrected chi connectivity index (χ4v) is 2.89. The summed E-state index contributed by atoms with van der Waals surface area (Å²) < 4.78 is 34.4. The van der Waals surface area contributed by atoms with E-state index in [4.69, 9.17) is 33.2 Å². The maximum atomic E-state index is 12.3. The monoisotopic (exact) mass is 496 g/mol. The van der Waals surface area contributed by atoms with Crippen LogP contribution in [0.1, 0.15) is 20.7 Å². The van der Waals surface area contributed by atoms with Crippen LogP contribution < -0.4 is 18.9 Å². The predicted octanol–water partition coefficient (Wildman–Crippen LogP) is 2.48. The lowest BCUT2D eigenvalue weighted by atomic mass is 10.1. The smallest absolute Gasteiger partial charge is 0.347 e. The Bertz CT molecular complexity index is 1040. The van der Waals surface area contributed by atoms with E-state index in [1.54, 1.807) is 0 Å². The Morgan fingerprint density at radius 1 is 0.686 bits per heavy atom. The number of hydrogen-bond acceptors (Lipinski definition) is 13. The second-order valence-corrected chi connectivity index (χ2v) is 6.21. The van der Waals surface area contributed by atoms with Gasteiger partial charge in [-0.25, -0.2) is 9.59 Å². The lowest BCUT2D eigenvalue weighted by Gasteiger charge is -2.12. The zero-order valence-corrected chi connectivity index (χ0v) is 18.9. The van der Waals surface area contributed by atoms with Gasteiger partial charge < -0.3 is 33.2 Å². The molecule has 0 radical (unpaired) electrons. The summed E-state index contributed by atoms with van der Waals surface area (Å²) in [6.07, 6.45) is 0. The van der Waals surface area contributed by atoms with Crippen molar-refractivity contribution in [3.63, 3.8) is 0 Å². The minimum Gasteiger partial charge on any atom is -0.493 e. The van der Waals surface area contributed by atoms with Crippen molar-refractivity contribution in [3.05, 3.63) is 55.6 Å². The van der Waals surface area contributed by atoms with Gasteiger partial charge in [0.2, 0.25) is 11.5 Å². The summed E-state index contributed by atoms with van der Waals surface area (Å²) >= 11 is 0. The molecule has 0 aliphatic rings. The number of esters is 2. The lowest BCUT2D eigenvalue weighted by Crippen LogP contribution is -2.15. The number of carbonyl (C=O) groups is 2. The zero-order valence-electron chi connectivity index (χ0n) is 18.9. The highest BCUT2D eigenvalue weighted by atomic mass is 16.8. The van der Waals surface area contributed by atoms with Crippen molar-refractivity contribution in [1.29, 1.82) is 0 Å². The number of benzene rings is 2. The van der Waals surface area contributed by atoms with Gasteiger partial charge in [0.15, 0.2) is 25.1 Å². The number of nitrogens with zero attached hydrogens (tertiary/aromatic N) is 2. The third-order valence-corrected chi connectivity index (χ3v) is 4.39. The third-order valence-electron chi connectivity index (χ3n) is 4.39. The molecule has 0 atom stereocenters. The van der Waals surface area contributed by atoms with Crippen molar-refractivity contribution in [2.45, 2.75) is 0 Å². The van der Waals surface area contributed by atoms with E-state index >= 15 is 0 Å². The van der Waals surface area contributed by atoms with Crippen LogP contribution in [0.15, 0.2) is 24.3 Å². The van der Waals surface area contributed by atoms with Gasteiger partial charge in [0.05, 0.1) is 38.3 Å². The maximum Gasteiger partial charge on any atom is 0.347 e. The number of nitro groups is 2. The summed E-state index contributed by atoms with van der Waals surface area (Å²) in [5, 5.41) is 22.9. The van der Waals surface area contributed by atoms with Gasteiger partial charge in [-0.2, -0.15) is 0 Å². The molecule has 2 rings (SSSR count). The summed E-state index contributed by atoms with van der Waals surface area (Å²) in [7, 11) is 4.87. The van der Waals surface area contributed by atoms with Gasteiger partial charge >= 0.3 is 23.3 Å². The number of nitro benzene ring substituents is 2. The van der Waals surface area contributed by atoms with E-state index in [2.05, 4.69) is 0 Å². The Morgan fingerprint density at radius 2 is 1.06 bits per heavy atom. The zero-order chi connectivity index (χ0) is 26.1. The molecular weight excluding hydrogens is 476 g/mol. The summed E-state index contributed by atoms with van der Waals surface area (Å²) in [5.41, 5.74) is -2.23. The van der Waals surface area contributed by atoms with Crippen LogP contribution in [-0.4, -0.2) is 63.8 Å². The summed E-state index contributed by atoms with van der Waals surface area (Å²) in [6, 6.07) is 4.78. The van der Waals surface area contributed by atoms with Gasteiger partial charge in [0.25, 0.3) is 0 Å².